The molecule has 1 aromatic heterocycles. The zero-order valence-corrected chi connectivity index (χ0v) is 11.4. The van der Waals surface area contributed by atoms with Crippen molar-refractivity contribution in [2.75, 3.05) is 5.73 Å². The number of anilines is 1. The van der Waals surface area contributed by atoms with Gasteiger partial charge in [-0.05, 0) is 40.2 Å². The topological polar surface area (TPSA) is 57.4 Å². The number of aromatic nitrogens is 1. The van der Waals surface area contributed by atoms with E-state index in [1.807, 2.05) is 0 Å². The highest BCUT2D eigenvalue weighted by atomic mass is 79.9. The molecule has 20 heavy (non-hydrogen) atoms. The van der Waals surface area contributed by atoms with E-state index in [9.17, 15) is 13.2 Å². The lowest BCUT2D eigenvalue weighted by Crippen LogP contribution is -2.17. The van der Waals surface area contributed by atoms with Crippen LogP contribution in [-0.4, -0.2) is 11.3 Å². The fourth-order valence-electron chi connectivity index (χ4n) is 1.35. The van der Waals surface area contributed by atoms with Gasteiger partial charge in [0.25, 0.3) is 0 Å². The number of halogens is 4. The monoisotopic (exact) mass is 348 g/mol. The van der Waals surface area contributed by atoms with Crippen LogP contribution in [0.25, 0.3) is 0 Å². The molecule has 1 aromatic carbocycles. The first-order valence-electron chi connectivity index (χ1n) is 5.28. The molecule has 2 aromatic rings. The molecule has 0 aliphatic heterocycles. The first-order valence-corrected chi connectivity index (χ1v) is 6.07. The SMILES string of the molecule is Nc1ccnc(Oc2ccc(OC(F)(F)F)c(Br)c2)c1. The number of alkyl halides is 3. The average molecular weight is 349 g/mol. The molecule has 1 heterocycles. The molecule has 0 spiro atoms. The molecule has 0 atom stereocenters. The minimum Gasteiger partial charge on any atom is -0.439 e. The van der Waals surface area contributed by atoms with Crippen LogP contribution in [0.1, 0.15) is 0 Å². The molecule has 106 valence electrons. The Bertz CT molecular complexity index is 620. The molecule has 0 aliphatic carbocycles. The van der Waals surface area contributed by atoms with Crippen LogP contribution in [0.2, 0.25) is 0 Å². The van der Waals surface area contributed by atoms with Crippen molar-refractivity contribution in [2.45, 2.75) is 6.36 Å². The first kappa shape index (κ1) is 14.4. The first-order chi connectivity index (χ1) is 9.33. The highest BCUT2D eigenvalue weighted by Gasteiger charge is 2.32. The maximum Gasteiger partial charge on any atom is 0.573 e. The Labute approximate surface area is 120 Å². The number of nitrogens with zero attached hydrogens (tertiary/aromatic N) is 1. The van der Waals surface area contributed by atoms with E-state index in [0.717, 1.165) is 6.07 Å². The van der Waals surface area contributed by atoms with Crippen LogP contribution in [0.3, 0.4) is 0 Å². The largest absolute Gasteiger partial charge is 0.573 e. The molecule has 0 fully saturated rings. The van der Waals surface area contributed by atoms with Crippen molar-refractivity contribution in [3.05, 3.63) is 41.0 Å². The Morgan fingerprint density at radius 1 is 1.15 bits per heavy atom. The van der Waals surface area contributed by atoms with E-state index in [1.165, 1.54) is 24.4 Å². The van der Waals surface area contributed by atoms with E-state index >= 15 is 0 Å². The van der Waals surface area contributed by atoms with Gasteiger partial charge in [0, 0.05) is 18.0 Å². The quantitative estimate of drug-likeness (QED) is 0.906. The summed E-state index contributed by atoms with van der Waals surface area (Å²) in [5.74, 6) is 0.177. The van der Waals surface area contributed by atoms with Crippen LogP contribution in [0.4, 0.5) is 18.9 Å². The van der Waals surface area contributed by atoms with Crippen molar-refractivity contribution in [2.24, 2.45) is 0 Å². The van der Waals surface area contributed by atoms with Crippen LogP contribution in [0.5, 0.6) is 17.4 Å². The lowest BCUT2D eigenvalue weighted by atomic mass is 10.3. The van der Waals surface area contributed by atoms with E-state index in [4.69, 9.17) is 10.5 Å². The zero-order chi connectivity index (χ0) is 14.8. The number of pyridine rings is 1. The van der Waals surface area contributed by atoms with Gasteiger partial charge in [0.05, 0.1) is 4.47 Å². The van der Waals surface area contributed by atoms with Gasteiger partial charge in [0.15, 0.2) is 0 Å². The van der Waals surface area contributed by atoms with E-state index in [2.05, 4.69) is 25.7 Å². The number of nitrogens with two attached hydrogens (primary N) is 1. The number of ether oxygens (including phenoxy) is 2. The standard InChI is InChI=1S/C12H8BrF3N2O2/c13-9-6-8(1-2-10(9)20-12(14,15)16)19-11-5-7(17)3-4-18-11/h1-6H,(H2,17,18). The van der Waals surface area contributed by atoms with E-state index in [-0.39, 0.29) is 16.1 Å². The summed E-state index contributed by atoms with van der Waals surface area (Å²) in [6.07, 6.45) is -3.29. The Balaban J connectivity index is 2.17. The van der Waals surface area contributed by atoms with Crippen LogP contribution < -0.4 is 15.2 Å². The summed E-state index contributed by atoms with van der Waals surface area (Å²) in [4.78, 5) is 3.92. The highest BCUT2D eigenvalue weighted by Crippen LogP contribution is 2.34. The number of rotatable bonds is 3. The predicted molar refractivity (Wildman–Crippen MR) is 69.5 cm³/mol. The van der Waals surface area contributed by atoms with Crippen molar-refractivity contribution < 1.29 is 22.6 Å². The van der Waals surface area contributed by atoms with E-state index < -0.39 is 6.36 Å². The van der Waals surface area contributed by atoms with E-state index in [0.29, 0.717) is 11.4 Å². The van der Waals surface area contributed by atoms with Crippen LogP contribution in [0, 0.1) is 0 Å². The molecule has 2 rings (SSSR count). The zero-order valence-electron chi connectivity index (χ0n) is 9.82. The maximum atomic E-state index is 12.1. The normalized spacial score (nSPS) is 11.2. The highest BCUT2D eigenvalue weighted by molar-refractivity contribution is 9.10. The molecular weight excluding hydrogens is 341 g/mol. The lowest BCUT2D eigenvalue weighted by Gasteiger charge is -2.11. The fraction of sp³-hybridized carbons (Fsp3) is 0.0833. The third-order valence-corrected chi connectivity index (χ3v) is 2.73. The second-order valence-electron chi connectivity index (χ2n) is 3.67. The van der Waals surface area contributed by atoms with Gasteiger partial charge in [0.2, 0.25) is 5.88 Å². The molecule has 0 saturated heterocycles. The minimum absolute atomic E-state index is 0.108. The summed E-state index contributed by atoms with van der Waals surface area (Å²) in [5.41, 5.74) is 6.03. The van der Waals surface area contributed by atoms with Crippen LogP contribution >= 0.6 is 15.9 Å². The number of benzene rings is 1. The molecule has 2 N–H and O–H groups in total. The van der Waals surface area contributed by atoms with Crippen molar-refractivity contribution >= 4 is 21.6 Å². The summed E-state index contributed by atoms with van der Waals surface area (Å²) in [6, 6.07) is 6.89. The Morgan fingerprint density at radius 2 is 1.90 bits per heavy atom. The molecule has 0 radical (unpaired) electrons. The predicted octanol–water partition coefficient (Wildman–Crippen LogP) is 4.12. The van der Waals surface area contributed by atoms with Gasteiger partial charge in [-0.25, -0.2) is 4.98 Å². The smallest absolute Gasteiger partial charge is 0.439 e. The van der Waals surface area contributed by atoms with Crippen molar-refractivity contribution in [1.29, 1.82) is 0 Å². The lowest BCUT2D eigenvalue weighted by molar-refractivity contribution is -0.274. The molecule has 0 amide bonds. The Hall–Kier alpha value is -1.96. The summed E-state index contributed by atoms with van der Waals surface area (Å²) < 4.78 is 45.6. The maximum absolute atomic E-state index is 12.1. The minimum atomic E-state index is -4.75. The third kappa shape index (κ3) is 4.02. The average Bonchev–Trinajstić information content (AvgIpc) is 2.31. The number of hydrogen-bond acceptors (Lipinski definition) is 4. The second kappa shape index (κ2) is 5.58. The Kier molecular flexibility index (Phi) is 4.03. The van der Waals surface area contributed by atoms with Gasteiger partial charge in [-0.3, -0.25) is 0 Å². The third-order valence-electron chi connectivity index (χ3n) is 2.11. The van der Waals surface area contributed by atoms with Crippen LogP contribution in [0.15, 0.2) is 41.0 Å². The molecule has 0 unspecified atom stereocenters. The summed E-state index contributed by atoms with van der Waals surface area (Å²) in [7, 11) is 0. The van der Waals surface area contributed by atoms with Crippen molar-refractivity contribution in [3.8, 4) is 17.4 Å². The van der Waals surface area contributed by atoms with Crippen molar-refractivity contribution in [1.82, 2.24) is 4.98 Å². The molecule has 8 heteroatoms. The Morgan fingerprint density at radius 3 is 2.50 bits per heavy atom. The van der Waals surface area contributed by atoms with Gasteiger partial charge in [-0.15, -0.1) is 13.2 Å². The van der Waals surface area contributed by atoms with Gasteiger partial charge in [-0.1, -0.05) is 0 Å². The summed E-state index contributed by atoms with van der Waals surface area (Å²) in [6.45, 7) is 0. The molecule has 0 saturated carbocycles. The van der Waals surface area contributed by atoms with Crippen molar-refractivity contribution in [3.63, 3.8) is 0 Å². The van der Waals surface area contributed by atoms with Crippen LogP contribution in [-0.2, 0) is 0 Å². The molecular formula is C12H8BrF3N2O2. The number of nitrogen functional groups attached to an aromatic ring is 1. The second-order valence-corrected chi connectivity index (χ2v) is 4.52. The molecule has 0 bridgehead atoms. The summed E-state index contributed by atoms with van der Waals surface area (Å²) >= 11 is 2.98. The van der Waals surface area contributed by atoms with Gasteiger partial charge >= 0.3 is 6.36 Å². The van der Waals surface area contributed by atoms with E-state index in [1.54, 1.807) is 6.07 Å². The van der Waals surface area contributed by atoms with Gasteiger partial charge in [0.1, 0.15) is 11.5 Å². The number of hydrogen-bond donors (Lipinski definition) is 1. The molecule has 4 nitrogen and oxygen atoms in total. The van der Waals surface area contributed by atoms with Gasteiger partial charge in [-0.2, -0.15) is 0 Å². The fourth-order valence-corrected chi connectivity index (χ4v) is 1.79. The molecule has 0 aliphatic rings. The van der Waals surface area contributed by atoms with Gasteiger partial charge < -0.3 is 15.2 Å². The summed E-state index contributed by atoms with van der Waals surface area (Å²) in [5, 5.41) is 0.